The van der Waals surface area contributed by atoms with Gasteiger partial charge in [0.2, 0.25) is 0 Å². The van der Waals surface area contributed by atoms with Crippen LogP contribution in [0.1, 0.15) is 32.2 Å². The first kappa shape index (κ1) is 16.4. The Balaban J connectivity index is 1.46. The molecule has 0 atom stereocenters. The van der Waals surface area contributed by atoms with Gasteiger partial charge in [-0.25, -0.2) is 0 Å². The maximum atomic E-state index is 12.5. The molecule has 26 heavy (non-hydrogen) atoms. The van der Waals surface area contributed by atoms with Crippen molar-refractivity contribution in [1.82, 2.24) is 4.90 Å². The van der Waals surface area contributed by atoms with Gasteiger partial charge in [0.05, 0.1) is 36.7 Å². The van der Waals surface area contributed by atoms with Crippen LogP contribution in [0.15, 0.2) is 69.9 Å². The Kier molecular flexibility index (Phi) is 4.41. The molecule has 1 aromatic carbocycles. The largest absolute Gasteiger partial charge is 0.463 e. The molecule has 3 heterocycles. The maximum absolute atomic E-state index is 12.5. The summed E-state index contributed by atoms with van der Waals surface area (Å²) >= 11 is 0. The summed E-state index contributed by atoms with van der Waals surface area (Å²) in [5.74, 6) is 1.27. The van der Waals surface area contributed by atoms with Gasteiger partial charge >= 0.3 is 0 Å². The Hall–Kier alpha value is -3.12. The molecule has 1 N–H and O–H groups in total. The highest BCUT2D eigenvalue weighted by Crippen LogP contribution is 2.21. The molecule has 6 heteroatoms. The number of amides is 2. The van der Waals surface area contributed by atoms with Gasteiger partial charge in [-0.1, -0.05) is 12.1 Å². The van der Waals surface area contributed by atoms with Gasteiger partial charge < -0.3 is 13.7 Å². The molecule has 0 aliphatic carbocycles. The fraction of sp³-hybridized carbons (Fsp3) is 0.200. The Labute approximate surface area is 150 Å². The summed E-state index contributed by atoms with van der Waals surface area (Å²) in [6, 6.07) is 14.5. The fourth-order valence-electron chi connectivity index (χ4n) is 3.27. The first-order chi connectivity index (χ1) is 12.7. The quantitative estimate of drug-likeness (QED) is 0.659. The standard InChI is InChI=1S/C20H18N2O4/c23-19-17-7-1-2-8-18(17)20(24)22(19)10-9-21(13-15-5-3-11-25-15)14-16-6-4-12-26-16/h1-8,11-12H,9-10,13-14H2/p+1. The number of hydrogen-bond donors (Lipinski definition) is 1. The van der Waals surface area contributed by atoms with Gasteiger partial charge in [0, 0.05) is 0 Å². The number of nitrogens with zero attached hydrogens (tertiary/aromatic N) is 1. The number of nitrogens with one attached hydrogen (secondary N) is 1. The highest BCUT2D eigenvalue weighted by Gasteiger charge is 2.35. The van der Waals surface area contributed by atoms with Crippen molar-refractivity contribution in [2.75, 3.05) is 13.1 Å². The monoisotopic (exact) mass is 351 g/mol. The van der Waals surface area contributed by atoms with Gasteiger partial charge in [0.1, 0.15) is 13.1 Å². The summed E-state index contributed by atoms with van der Waals surface area (Å²) in [5.41, 5.74) is 0.965. The molecule has 4 rings (SSSR count). The Morgan fingerprint density at radius 1 is 0.769 bits per heavy atom. The molecule has 2 aromatic heterocycles. The van der Waals surface area contributed by atoms with E-state index in [9.17, 15) is 9.59 Å². The number of benzene rings is 1. The van der Waals surface area contributed by atoms with Crippen molar-refractivity contribution in [3.05, 3.63) is 83.7 Å². The molecule has 1 aliphatic heterocycles. The van der Waals surface area contributed by atoms with Gasteiger partial charge in [-0.05, 0) is 36.4 Å². The van der Waals surface area contributed by atoms with Crippen LogP contribution in [0.4, 0.5) is 0 Å². The van der Waals surface area contributed by atoms with E-state index in [0.717, 1.165) is 16.4 Å². The van der Waals surface area contributed by atoms with Gasteiger partial charge in [-0.3, -0.25) is 14.5 Å². The van der Waals surface area contributed by atoms with Crippen LogP contribution in [0, 0.1) is 0 Å². The molecule has 0 fully saturated rings. The lowest BCUT2D eigenvalue weighted by Crippen LogP contribution is -3.10. The van der Waals surface area contributed by atoms with Gasteiger partial charge in [0.25, 0.3) is 11.8 Å². The Bertz CT molecular complexity index is 829. The van der Waals surface area contributed by atoms with Crippen molar-refractivity contribution in [3.63, 3.8) is 0 Å². The lowest BCUT2D eigenvalue weighted by molar-refractivity contribution is -0.928. The summed E-state index contributed by atoms with van der Waals surface area (Å²) in [4.78, 5) is 27.5. The van der Waals surface area contributed by atoms with E-state index in [1.54, 1.807) is 36.8 Å². The van der Waals surface area contributed by atoms with E-state index in [4.69, 9.17) is 8.83 Å². The van der Waals surface area contributed by atoms with Crippen molar-refractivity contribution in [1.29, 1.82) is 0 Å². The van der Waals surface area contributed by atoms with Crippen LogP contribution in [0.2, 0.25) is 0 Å². The highest BCUT2D eigenvalue weighted by molar-refractivity contribution is 6.21. The topological polar surface area (TPSA) is 68.1 Å². The predicted octanol–water partition coefficient (Wildman–Crippen LogP) is 1.75. The minimum absolute atomic E-state index is 0.221. The summed E-state index contributed by atoms with van der Waals surface area (Å²) in [5, 5.41) is 0. The summed E-state index contributed by atoms with van der Waals surface area (Å²) in [6.45, 7) is 2.25. The van der Waals surface area contributed by atoms with Crippen LogP contribution >= 0.6 is 0 Å². The number of carbonyl (C=O) groups is 2. The zero-order chi connectivity index (χ0) is 17.9. The number of hydrogen-bond acceptors (Lipinski definition) is 4. The molecule has 0 saturated carbocycles. The van der Waals surface area contributed by atoms with Gasteiger partial charge in [-0.2, -0.15) is 0 Å². The Morgan fingerprint density at radius 3 is 1.77 bits per heavy atom. The van der Waals surface area contributed by atoms with E-state index in [1.165, 1.54) is 4.90 Å². The molecule has 3 aromatic rings. The third-order valence-electron chi connectivity index (χ3n) is 4.58. The van der Waals surface area contributed by atoms with Crippen LogP contribution in [-0.4, -0.2) is 29.8 Å². The normalized spacial score (nSPS) is 13.7. The van der Waals surface area contributed by atoms with Crippen LogP contribution in [-0.2, 0) is 13.1 Å². The molecule has 2 amide bonds. The van der Waals surface area contributed by atoms with E-state index in [2.05, 4.69) is 0 Å². The highest BCUT2D eigenvalue weighted by atomic mass is 16.3. The minimum atomic E-state index is -0.221. The number of carbonyl (C=O) groups excluding carboxylic acids is 2. The molecule has 0 saturated heterocycles. The first-order valence-corrected chi connectivity index (χ1v) is 8.56. The zero-order valence-corrected chi connectivity index (χ0v) is 14.2. The lowest BCUT2D eigenvalue weighted by Gasteiger charge is -2.20. The number of furan rings is 2. The van der Waals surface area contributed by atoms with Crippen molar-refractivity contribution in [3.8, 4) is 0 Å². The minimum Gasteiger partial charge on any atom is -0.463 e. The van der Waals surface area contributed by atoms with E-state index in [0.29, 0.717) is 37.3 Å². The predicted molar refractivity (Wildman–Crippen MR) is 92.5 cm³/mol. The van der Waals surface area contributed by atoms with Crippen molar-refractivity contribution in [2.24, 2.45) is 0 Å². The van der Waals surface area contributed by atoms with Gasteiger partial charge in [-0.15, -0.1) is 0 Å². The number of fused-ring (bicyclic) bond motifs is 1. The molecule has 132 valence electrons. The van der Waals surface area contributed by atoms with Crippen molar-refractivity contribution >= 4 is 11.8 Å². The SMILES string of the molecule is O=C1c2ccccc2C(=O)N1CC[NH+](Cc1ccco1)Cc1ccco1. The molecule has 0 bridgehead atoms. The fourth-order valence-corrected chi connectivity index (χ4v) is 3.27. The smallest absolute Gasteiger partial charge is 0.261 e. The molecule has 1 aliphatic rings. The van der Waals surface area contributed by atoms with E-state index < -0.39 is 0 Å². The molecule has 0 spiro atoms. The van der Waals surface area contributed by atoms with Gasteiger partial charge in [0.15, 0.2) is 11.5 Å². The second-order valence-electron chi connectivity index (χ2n) is 6.32. The maximum Gasteiger partial charge on any atom is 0.261 e. The summed E-state index contributed by atoms with van der Waals surface area (Å²) in [6.07, 6.45) is 3.29. The van der Waals surface area contributed by atoms with E-state index in [-0.39, 0.29) is 11.8 Å². The van der Waals surface area contributed by atoms with Crippen molar-refractivity contribution < 1.29 is 23.3 Å². The number of quaternary nitrogens is 1. The first-order valence-electron chi connectivity index (χ1n) is 8.56. The molecular formula is C20H19N2O4+. The lowest BCUT2D eigenvalue weighted by atomic mass is 10.1. The molecule has 0 unspecified atom stereocenters. The zero-order valence-electron chi connectivity index (χ0n) is 14.2. The van der Waals surface area contributed by atoms with Crippen LogP contribution < -0.4 is 4.90 Å². The second-order valence-corrected chi connectivity index (χ2v) is 6.32. The number of imide groups is 1. The molecule has 0 radical (unpaired) electrons. The molecular weight excluding hydrogens is 332 g/mol. The Morgan fingerprint density at radius 2 is 1.31 bits per heavy atom. The van der Waals surface area contributed by atoms with E-state index >= 15 is 0 Å². The van der Waals surface area contributed by atoms with Crippen LogP contribution in [0.5, 0.6) is 0 Å². The van der Waals surface area contributed by atoms with Crippen LogP contribution in [0.3, 0.4) is 0 Å². The average Bonchev–Trinajstić information content (AvgIpc) is 3.38. The average molecular weight is 351 g/mol. The third kappa shape index (κ3) is 3.19. The third-order valence-corrected chi connectivity index (χ3v) is 4.58. The summed E-state index contributed by atoms with van der Waals surface area (Å²) in [7, 11) is 0. The van der Waals surface area contributed by atoms with Crippen LogP contribution in [0.25, 0.3) is 0 Å². The second kappa shape index (κ2) is 7.01. The molecule has 6 nitrogen and oxygen atoms in total. The van der Waals surface area contributed by atoms with E-state index in [1.807, 2.05) is 24.3 Å². The van der Waals surface area contributed by atoms with Crippen molar-refractivity contribution in [2.45, 2.75) is 13.1 Å². The summed E-state index contributed by atoms with van der Waals surface area (Å²) < 4.78 is 10.9. The number of rotatable bonds is 7.